The largest absolute Gasteiger partial charge is 0.350 e. The summed E-state index contributed by atoms with van der Waals surface area (Å²) in [7, 11) is 0. The molecule has 8 nitrogen and oxygen atoms in total. The molecule has 26 heavy (non-hydrogen) atoms. The van der Waals surface area contributed by atoms with E-state index in [0.29, 0.717) is 12.2 Å². The number of rotatable bonds is 5. The second-order valence-corrected chi connectivity index (χ2v) is 7.06. The Morgan fingerprint density at radius 2 is 2.19 bits per heavy atom. The first kappa shape index (κ1) is 18.2. The molecular formula is C18H26N6O2. The average molecular weight is 358 g/mol. The van der Waals surface area contributed by atoms with Crippen LogP contribution in [0.25, 0.3) is 0 Å². The molecule has 1 aliphatic heterocycles. The van der Waals surface area contributed by atoms with Crippen LogP contribution in [0.5, 0.6) is 0 Å². The molecule has 0 bridgehead atoms. The molecule has 0 aliphatic carbocycles. The number of anilines is 1. The van der Waals surface area contributed by atoms with Gasteiger partial charge in [-0.05, 0) is 52.2 Å². The lowest BCUT2D eigenvalue weighted by Crippen LogP contribution is -2.47. The molecule has 0 radical (unpaired) electrons. The van der Waals surface area contributed by atoms with Gasteiger partial charge >= 0.3 is 0 Å². The lowest BCUT2D eigenvalue weighted by Gasteiger charge is -2.36. The van der Waals surface area contributed by atoms with E-state index in [1.807, 2.05) is 20.8 Å². The Balaban J connectivity index is 1.73. The summed E-state index contributed by atoms with van der Waals surface area (Å²) >= 11 is 0. The average Bonchev–Trinajstić information content (AvgIpc) is 3.07. The monoisotopic (exact) mass is 358 g/mol. The quantitative estimate of drug-likeness (QED) is 0.847. The maximum absolute atomic E-state index is 12.3. The fraction of sp³-hybridized carbons (Fsp3) is 0.556. The van der Waals surface area contributed by atoms with Crippen LogP contribution in [-0.2, 0) is 0 Å². The predicted octanol–water partition coefficient (Wildman–Crippen LogP) is 1.64. The van der Waals surface area contributed by atoms with Crippen LogP contribution in [0, 0.1) is 6.92 Å². The number of piperidine rings is 1. The van der Waals surface area contributed by atoms with Crippen LogP contribution in [0.15, 0.2) is 23.0 Å². The molecule has 8 heteroatoms. The third-order valence-corrected chi connectivity index (χ3v) is 4.66. The first-order valence-electron chi connectivity index (χ1n) is 9.12. The number of aromatic nitrogens is 4. The Morgan fingerprint density at radius 1 is 1.38 bits per heavy atom. The van der Waals surface area contributed by atoms with Crippen LogP contribution in [0.3, 0.4) is 0 Å². The van der Waals surface area contributed by atoms with Crippen LogP contribution < -0.4 is 15.8 Å². The summed E-state index contributed by atoms with van der Waals surface area (Å²) in [6.07, 6.45) is 3.16. The highest BCUT2D eigenvalue weighted by Gasteiger charge is 2.25. The zero-order chi connectivity index (χ0) is 18.7. The minimum atomic E-state index is -0.181. The lowest BCUT2D eigenvalue weighted by atomic mass is 10.0. The van der Waals surface area contributed by atoms with E-state index in [1.54, 1.807) is 18.2 Å². The number of aryl methyl sites for hydroxylation is 1. The van der Waals surface area contributed by atoms with Gasteiger partial charge in [0.1, 0.15) is 11.5 Å². The Morgan fingerprint density at radius 3 is 2.88 bits per heavy atom. The standard InChI is InChI=1S/C18H26N6O2/c1-12(2)24-17(25)8-7-16(22-24)23-9-5-4-6-14(23)11-19-18(26)15-10-13(3)20-21-15/h7-8,10,12,14H,4-6,9,11H2,1-3H3,(H,19,26)(H,20,21). The smallest absolute Gasteiger partial charge is 0.271 e. The fourth-order valence-electron chi connectivity index (χ4n) is 3.29. The third-order valence-electron chi connectivity index (χ3n) is 4.66. The molecule has 1 fully saturated rings. The van der Waals surface area contributed by atoms with E-state index >= 15 is 0 Å². The zero-order valence-corrected chi connectivity index (χ0v) is 15.5. The van der Waals surface area contributed by atoms with Gasteiger partial charge in [-0.3, -0.25) is 14.7 Å². The van der Waals surface area contributed by atoms with Crippen molar-refractivity contribution in [3.63, 3.8) is 0 Å². The number of carbonyl (C=O) groups excluding carboxylic acids is 1. The maximum Gasteiger partial charge on any atom is 0.271 e. The summed E-state index contributed by atoms with van der Waals surface area (Å²) < 4.78 is 1.51. The minimum absolute atomic E-state index is 0.00768. The SMILES string of the molecule is Cc1cc(C(=O)NCC2CCCCN2c2ccc(=O)n(C(C)C)n2)n[nH]1. The summed E-state index contributed by atoms with van der Waals surface area (Å²) in [5, 5.41) is 14.3. The van der Waals surface area contributed by atoms with Crippen molar-refractivity contribution < 1.29 is 4.79 Å². The molecule has 1 saturated heterocycles. The number of carbonyl (C=O) groups is 1. The van der Waals surface area contributed by atoms with Crippen molar-refractivity contribution in [2.75, 3.05) is 18.0 Å². The van der Waals surface area contributed by atoms with E-state index in [0.717, 1.165) is 37.3 Å². The second-order valence-electron chi connectivity index (χ2n) is 7.06. The van der Waals surface area contributed by atoms with Gasteiger partial charge in [-0.15, -0.1) is 0 Å². The van der Waals surface area contributed by atoms with Gasteiger partial charge in [-0.25, -0.2) is 4.68 Å². The summed E-state index contributed by atoms with van der Waals surface area (Å²) in [4.78, 5) is 26.4. The zero-order valence-electron chi connectivity index (χ0n) is 15.5. The van der Waals surface area contributed by atoms with E-state index < -0.39 is 0 Å². The molecule has 0 spiro atoms. The van der Waals surface area contributed by atoms with Crippen molar-refractivity contribution in [3.8, 4) is 0 Å². The number of hydrogen-bond donors (Lipinski definition) is 2. The molecule has 2 N–H and O–H groups in total. The highest BCUT2D eigenvalue weighted by Crippen LogP contribution is 2.22. The Bertz CT molecular complexity index is 825. The number of hydrogen-bond acceptors (Lipinski definition) is 5. The minimum Gasteiger partial charge on any atom is -0.350 e. The van der Waals surface area contributed by atoms with Crippen molar-refractivity contribution in [2.24, 2.45) is 0 Å². The first-order valence-corrected chi connectivity index (χ1v) is 9.12. The van der Waals surface area contributed by atoms with Gasteiger partial charge in [0.05, 0.1) is 6.04 Å². The molecule has 1 aliphatic rings. The normalized spacial score (nSPS) is 17.5. The topological polar surface area (TPSA) is 95.9 Å². The molecule has 1 atom stereocenters. The molecule has 1 amide bonds. The van der Waals surface area contributed by atoms with Gasteiger partial charge in [0, 0.05) is 30.9 Å². The van der Waals surface area contributed by atoms with Gasteiger partial charge in [0.15, 0.2) is 0 Å². The van der Waals surface area contributed by atoms with Gasteiger partial charge in [0.25, 0.3) is 11.5 Å². The molecule has 0 saturated carbocycles. The van der Waals surface area contributed by atoms with Gasteiger partial charge in [-0.2, -0.15) is 10.2 Å². The Labute approximate surface area is 152 Å². The van der Waals surface area contributed by atoms with Crippen molar-refractivity contribution in [2.45, 2.75) is 52.1 Å². The molecular weight excluding hydrogens is 332 g/mol. The van der Waals surface area contributed by atoms with Crippen molar-refractivity contribution in [1.29, 1.82) is 0 Å². The van der Waals surface area contributed by atoms with E-state index in [-0.39, 0.29) is 23.6 Å². The van der Waals surface area contributed by atoms with Gasteiger partial charge in [0.2, 0.25) is 0 Å². The molecule has 1 unspecified atom stereocenters. The van der Waals surface area contributed by atoms with Crippen molar-refractivity contribution in [3.05, 3.63) is 39.9 Å². The van der Waals surface area contributed by atoms with Gasteiger partial charge in [-0.1, -0.05) is 0 Å². The molecule has 3 heterocycles. The summed E-state index contributed by atoms with van der Waals surface area (Å²) in [5.41, 5.74) is 1.16. The van der Waals surface area contributed by atoms with E-state index in [9.17, 15) is 9.59 Å². The predicted molar refractivity (Wildman–Crippen MR) is 99.5 cm³/mol. The van der Waals surface area contributed by atoms with Crippen molar-refractivity contribution >= 4 is 11.7 Å². The van der Waals surface area contributed by atoms with E-state index in [4.69, 9.17) is 0 Å². The number of amides is 1. The summed E-state index contributed by atoms with van der Waals surface area (Å²) in [6, 6.07) is 5.23. The Kier molecular flexibility index (Phi) is 5.39. The van der Waals surface area contributed by atoms with E-state index in [1.165, 1.54) is 4.68 Å². The lowest BCUT2D eigenvalue weighted by molar-refractivity contribution is 0.0944. The molecule has 3 rings (SSSR count). The first-order chi connectivity index (χ1) is 12.5. The van der Waals surface area contributed by atoms with Gasteiger partial charge < -0.3 is 10.2 Å². The van der Waals surface area contributed by atoms with Crippen LogP contribution >= 0.6 is 0 Å². The number of aromatic amines is 1. The third kappa shape index (κ3) is 3.95. The van der Waals surface area contributed by atoms with E-state index in [2.05, 4.69) is 25.5 Å². The molecule has 2 aromatic rings. The van der Waals surface area contributed by atoms with Crippen molar-refractivity contribution in [1.82, 2.24) is 25.3 Å². The summed E-state index contributed by atoms with van der Waals surface area (Å²) in [5.74, 6) is 0.604. The highest BCUT2D eigenvalue weighted by molar-refractivity contribution is 5.92. The highest BCUT2D eigenvalue weighted by atomic mass is 16.2. The number of nitrogens with one attached hydrogen (secondary N) is 2. The van der Waals surface area contributed by atoms with Crippen LogP contribution in [0.2, 0.25) is 0 Å². The molecule has 0 aromatic carbocycles. The molecule has 140 valence electrons. The van der Waals surface area contributed by atoms with Crippen LogP contribution in [0.4, 0.5) is 5.82 Å². The van der Waals surface area contributed by atoms with Crippen LogP contribution in [-0.4, -0.2) is 45.0 Å². The number of H-pyrrole nitrogens is 1. The fourth-order valence-corrected chi connectivity index (χ4v) is 3.29. The molecule has 2 aromatic heterocycles. The Hall–Kier alpha value is -2.64. The van der Waals surface area contributed by atoms with Crippen LogP contribution in [0.1, 0.15) is 55.3 Å². The number of nitrogens with zero attached hydrogens (tertiary/aromatic N) is 4. The second kappa shape index (κ2) is 7.72. The maximum atomic E-state index is 12.3. The summed E-state index contributed by atoms with van der Waals surface area (Å²) in [6.45, 7) is 7.14.